The van der Waals surface area contributed by atoms with Gasteiger partial charge >= 0.3 is 5.97 Å². The highest BCUT2D eigenvalue weighted by atomic mass is 16.6. The van der Waals surface area contributed by atoms with E-state index in [9.17, 15) is 9.59 Å². The minimum Gasteiger partial charge on any atom is -0.450 e. The average Bonchev–Trinajstić information content (AvgIpc) is 2.49. The molecule has 0 spiro atoms. The zero-order valence-electron chi connectivity index (χ0n) is 10.5. The first-order valence-corrected chi connectivity index (χ1v) is 5.99. The van der Waals surface area contributed by atoms with Gasteiger partial charge in [-0.3, -0.25) is 9.59 Å². The van der Waals surface area contributed by atoms with Gasteiger partial charge < -0.3 is 4.74 Å². The lowest BCUT2D eigenvalue weighted by molar-refractivity contribution is -0.144. The Balaban J connectivity index is 2.46. The number of ketones is 1. The second kappa shape index (κ2) is 3.83. The van der Waals surface area contributed by atoms with Crippen LogP contribution < -0.4 is 0 Å². The zero-order valence-corrected chi connectivity index (χ0v) is 10.5. The van der Waals surface area contributed by atoms with Crippen molar-refractivity contribution >= 4 is 11.8 Å². The number of hydrogen-bond acceptors (Lipinski definition) is 3. The van der Waals surface area contributed by atoms with Crippen LogP contribution in [0.25, 0.3) is 0 Å². The summed E-state index contributed by atoms with van der Waals surface area (Å²) < 4.78 is 5.51. The first-order valence-electron chi connectivity index (χ1n) is 5.99. The predicted octanol–water partition coefficient (Wildman–Crippen LogP) is 2.42. The number of fused-ring (bicyclic) bond motifs is 1. The Labute approximate surface area is 102 Å². The van der Waals surface area contributed by atoms with Gasteiger partial charge in [0.2, 0.25) is 0 Å². The molecular formula is C14H18O3. The van der Waals surface area contributed by atoms with Crippen LogP contribution in [0.2, 0.25) is 0 Å². The topological polar surface area (TPSA) is 43.4 Å². The first-order chi connectivity index (χ1) is 7.90. The maximum absolute atomic E-state index is 11.6. The van der Waals surface area contributed by atoms with Crippen molar-refractivity contribution in [1.29, 1.82) is 0 Å². The lowest BCUT2D eigenvalue weighted by Gasteiger charge is -2.43. The van der Waals surface area contributed by atoms with Crippen LogP contribution in [0.5, 0.6) is 0 Å². The summed E-state index contributed by atoms with van der Waals surface area (Å²) in [4.78, 5) is 22.7. The van der Waals surface area contributed by atoms with Gasteiger partial charge in [0.25, 0.3) is 0 Å². The molecule has 2 rings (SSSR count). The molecule has 0 aromatic rings. The Bertz CT molecular complexity index is 421. The summed E-state index contributed by atoms with van der Waals surface area (Å²) >= 11 is 0. The van der Waals surface area contributed by atoms with E-state index in [1.54, 1.807) is 6.08 Å². The molecule has 3 nitrogen and oxygen atoms in total. The smallest absolute Gasteiger partial charge is 0.307 e. The van der Waals surface area contributed by atoms with Gasteiger partial charge in [-0.2, -0.15) is 0 Å². The molecule has 3 atom stereocenters. The normalized spacial score (nSPS) is 40.4. The molecule has 1 saturated heterocycles. The van der Waals surface area contributed by atoms with E-state index in [1.807, 2.05) is 12.2 Å². The lowest BCUT2D eigenvalue weighted by atomic mass is 9.61. The summed E-state index contributed by atoms with van der Waals surface area (Å²) in [5.41, 5.74) is -0.974. The monoisotopic (exact) mass is 234 g/mol. The summed E-state index contributed by atoms with van der Waals surface area (Å²) in [7, 11) is 0. The summed E-state index contributed by atoms with van der Waals surface area (Å²) in [6.07, 6.45) is 8.57. The molecule has 2 aliphatic rings. The number of esters is 1. The van der Waals surface area contributed by atoms with Crippen molar-refractivity contribution in [3.8, 4) is 0 Å². The molecule has 17 heavy (non-hydrogen) atoms. The summed E-state index contributed by atoms with van der Waals surface area (Å²) in [6.45, 7) is 5.69. The predicted molar refractivity (Wildman–Crippen MR) is 64.3 cm³/mol. The van der Waals surface area contributed by atoms with Crippen LogP contribution in [0, 0.1) is 11.3 Å². The molecule has 92 valence electrons. The van der Waals surface area contributed by atoms with Gasteiger partial charge in [0, 0.05) is 5.41 Å². The molecule has 0 amide bonds. The number of carbonyl (C=O) groups excluding carboxylic acids is 2. The second-order valence-electron chi connectivity index (χ2n) is 5.34. The van der Waals surface area contributed by atoms with E-state index in [-0.39, 0.29) is 17.2 Å². The quantitative estimate of drug-likeness (QED) is 0.418. The van der Waals surface area contributed by atoms with Crippen LogP contribution in [0.3, 0.4) is 0 Å². The van der Waals surface area contributed by atoms with E-state index in [2.05, 4.69) is 13.8 Å². The molecule has 0 N–H and O–H groups in total. The van der Waals surface area contributed by atoms with Crippen molar-refractivity contribution in [3.63, 3.8) is 0 Å². The van der Waals surface area contributed by atoms with E-state index in [1.165, 1.54) is 13.0 Å². The molecule has 1 aliphatic heterocycles. The molecule has 1 aliphatic carbocycles. The molecule has 1 fully saturated rings. The highest BCUT2D eigenvalue weighted by Gasteiger charge is 2.58. The molecule has 0 radical (unpaired) electrons. The Morgan fingerprint density at radius 2 is 2.29 bits per heavy atom. The molecule has 0 aromatic carbocycles. The van der Waals surface area contributed by atoms with Crippen molar-refractivity contribution in [3.05, 3.63) is 24.3 Å². The Morgan fingerprint density at radius 1 is 1.59 bits per heavy atom. The van der Waals surface area contributed by atoms with Gasteiger partial charge in [-0.25, -0.2) is 0 Å². The van der Waals surface area contributed by atoms with Crippen molar-refractivity contribution < 1.29 is 14.3 Å². The largest absolute Gasteiger partial charge is 0.450 e. The molecule has 3 heteroatoms. The lowest BCUT2D eigenvalue weighted by Crippen LogP contribution is -2.46. The fourth-order valence-electron chi connectivity index (χ4n) is 2.79. The molecule has 0 saturated carbocycles. The van der Waals surface area contributed by atoms with Gasteiger partial charge in [0.15, 0.2) is 11.4 Å². The molecule has 0 aromatic heterocycles. The zero-order chi connectivity index (χ0) is 12.7. The maximum Gasteiger partial charge on any atom is 0.307 e. The van der Waals surface area contributed by atoms with Crippen molar-refractivity contribution in [2.24, 2.45) is 11.3 Å². The fourth-order valence-corrected chi connectivity index (χ4v) is 2.79. The Hall–Kier alpha value is -1.38. The van der Waals surface area contributed by atoms with E-state index >= 15 is 0 Å². The number of carbonyl (C=O) groups is 2. The van der Waals surface area contributed by atoms with Gasteiger partial charge in [0.05, 0.1) is 6.42 Å². The Kier molecular flexibility index (Phi) is 2.72. The third kappa shape index (κ3) is 1.74. The van der Waals surface area contributed by atoms with Crippen LogP contribution in [0.4, 0.5) is 0 Å². The molecule has 1 unspecified atom stereocenters. The number of ether oxygens (including phenoxy) is 1. The number of rotatable bonds is 2. The van der Waals surface area contributed by atoms with E-state index in [0.29, 0.717) is 12.3 Å². The minimum atomic E-state index is -0.729. The summed E-state index contributed by atoms with van der Waals surface area (Å²) in [5.74, 6) is 0.144. The van der Waals surface area contributed by atoms with Crippen molar-refractivity contribution in [2.45, 2.75) is 39.2 Å². The highest BCUT2D eigenvalue weighted by molar-refractivity contribution is 5.88. The third-order valence-electron chi connectivity index (χ3n) is 4.20. The molecular weight excluding hydrogens is 216 g/mol. The van der Waals surface area contributed by atoms with Crippen LogP contribution in [-0.2, 0) is 14.3 Å². The third-order valence-corrected chi connectivity index (χ3v) is 4.20. The van der Waals surface area contributed by atoms with Crippen LogP contribution >= 0.6 is 0 Å². The number of allylic oxidation sites excluding steroid dienone is 2. The highest BCUT2D eigenvalue weighted by Crippen LogP contribution is 2.54. The van der Waals surface area contributed by atoms with Crippen molar-refractivity contribution in [2.75, 3.05) is 0 Å². The average molecular weight is 234 g/mol. The second-order valence-corrected chi connectivity index (χ2v) is 5.34. The van der Waals surface area contributed by atoms with E-state index < -0.39 is 5.60 Å². The van der Waals surface area contributed by atoms with Crippen LogP contribution in [-0.4, -0.2) is 17.4 Å². The van der Waals surface area contributed by atoms with Gasteiger partial charge in [-0.1, -0.05) is 19.9 Å². The fraction of sp³-hybridized carbons (Fsp3) is 0.571. The van der Waals surface area contributed by atoms with E-state index in [0.717, 1.165) is 6.42 Å². The van der Waals surface area contributed by atoms with Gasteiger partial charge in [-0.15, -0.1) is 0 Å². The summed E-state index contributed by atoms with van der Waals surface area (Å²) in [5, 5.41) is 0. The van der Waals surface area contributed by atoms with Crippen LogP contribution in [0.15, 0.2) is 24.3 Å². The van der Waals surface area contributed by atoms with Crippen molar-refractivity contribution in [1.82, 2.24) is 0 Å². The Morgan fingerprint density at radius 3 is 2.94 bits per heavy atom. The standard InChI is InChI=1S/C14H18O3/c1-10-5-4-7-14(8-6-11(2)15)13(10,3)9-12(16)17-14/h4,6-8,10H,5,9H2,1-3H3/b8-6+/t10?,13-,14-/m1/s1. The van der Waals surface area contributed by atoms with Gasteiger partial charge in [-0.05, 0) is 37.5 Å². The van der Waals surface area contributed by atoms with Gasteiger partial charge in [0.1, 0.15) is 0 Å². The minimum absolute atomic E-state index is 0.0312. The molecule has 0 bridgehead atoms. The van der Waals surface area contributed by atoms with E-state index in [4.69, 9.17) is 4.74 Å². The summed E-state index contributed by atoms with van der Waals surface area (Å²) in [6, 6.07) is 0. The number of hydrogen-bond donors (Lipinski definition) is 0. The SMILES string of the molecule is CC(=O)/C=C/[C@]12C=CCC(C)[C@@]1(C)CC(=O)O2. The molecule has 1 heterocycles. The first kappa shape index (κ1) is 12.1. The van der Waals surface area contributed by atoms with Crippen LogP contribution in [0.1, 0.15) is 33.6 Å². The maximum atomic E-state index is 11.6.